The molecule has 0 radical (unpaired) electrons. The highest BCUT2D eigenvalue weighted by Crippen LogP contribution is 2.15. The van der Waals surface area contributed by atoms with Crippen molar-refractivity contribution in [3.05, 3.63) is 122 Å². The van der Waals surface area contributed by atoms with Crippen LogP contribution in [0, 0.1) is 0 Å². The van der Waals surface area contributed by atoms with Crippen LogP contribution in [0.25, 0.3) is 0 Å². The lowest BCUT2D eigenvalue weighted by atomic mass is 10.1. The van der Waals surface area contributed by atoms with Crippen LogP contribution in [-0.4, -0.2) is 37.2 Å². The molecule has 0 aromatic rings. The minimum atomic E-state index is -0.807. The second kappa shape index (κ2) is 64.3. The van der Waals surface area contributed by atoms with Gasteiger partial charge < -0.3 is 14.2 Å². The third-order valence-corrected chi connectivity index (χ3v) is 13.4. The van der Waals surface area contributed by atoms with Crippen LogP contribution in [0.3, 0.4) is 0 Å². The smallest absolute Gasteiger partial charge is 0.306 e. The minimum Gasteiger partial charge on any atom is -0.462 e. The number of carbonyl (C=O) groups excluding carboxylic acids is 3. The molecule has 0 fully saturated rings. The normalized spacial score (nSPS) is 12.9. The molecule has 0 bridgehead atoms. The number of hydrogen-bond acceptors (Lipinski definition) is 6. The molecular weight excluding hydrogens is 949 g/mol. The molecular formula is C71H118O6. The van der Waals surface area contributed by atoms with E-state index in [-0.39, 0.29) is 31.1 Å². The molecule has 0 aliphatic rings. The Morgan fingerprint density at radius 2 is 0.506 bits per heavy atom. The van der Waals surface area contributed by atoms with Crippen molar-refractivity contribution in [2.24, 2.45) is 0 Å². The number of allylic oxidation sites excluding steroid dienone is 20. The van der Waals surface area contributed by atoms with Gasteiger partial charge in [-0.1, -0.05) is 264 Å². The van der Waals surface area contributed by atoms with Gasteiger partial charge in [0.25, 0.3) is 0 Å². The molecule has 0 N–H and O–H groups in total. The Balaban J connectivity index is 4.48. The van der Waals surface area contributed by atoms with Crippen molar-refractivity contribution in [2.45, 2.75) is 297 Å². The summed E-state index contributed by atoms with van der Waals surface area (Å²) in [4.78, 5) is 38.3. The van der Waals surface area contributed by atoms with Gasteiger partial charge in [0.15, 0.2) is 6.10 Å². The molecule has 77 heavy (non-hydrogen) atoms. The van der Waals surface area contributed by atoms with Crippen LogP contribution >= 0.6 is 0 Å². The first-order valence-corrected chi connectivity index (χ1v) is 32.0. The van der Waals surface area contributed by atoms with Crippen molar-refractivity contribution in [3.8, 4) is 0 Å². The van der Waals surface area contributed by atoms with Crippen molar-refractivity contribution in [1.82, 2.24) is 0 Å². The Labute approximate surface area is 475 Å². The first-order valence-electron chi connectivity index (χ1n) is 32.0. The summed E-state index contributed by atoms with van der Waals surface area (Å²) in [7, 11) is 0. The van der Waals surface area contributed by atoms with Crippen LogP contribution < -0.4 is 0 Å². The Kier molecular flexibility index (Phi) is 60.8. The summed E-state index contributed by atoms with van der Waals surface area (Å²) in [5.41, 5.74) is 0. The van der Waals surface area contributed by atoms with E-state index in [0.29, 0.717) is 25.7 Å². The van der Waals surface area contributed by atoms with Gasteiger partial charge in [0.1, 0.15) is 13.2 Å². The zero-order valence-electron chi connectivity index (χ0n) is 50.2. The summed E-state index contributed by atoms with van der Waals surface area (Å²) in [6.07, 6.45) is 89.1. The summed E-state index contributed by atoms with van der Waals surface area (Å²) in [5, 5.41) is 0. The highest BCUT2D eigenvalue weighted by Gasteiger charge is 2.19. The molecule has 0 aromatic heterocycles. The predicted molar refractivity (Wildman–Crippen MR) is 334 cm³/mol. The maximum atomic E-state index is 12.9. The fourth-order valence-corrected chi connectivity index (χ4v) is 8.69. The fraction of sp³-hybridized carbons (Fsp3) is 0.676. The molecule has 0 saturated carbocycles. The van der Waals surface area contributed by atoms with E-state index in [1.807, 2.05) is 0 Å². The molecule has 0 saturated heterocycles. The first-order chi connectivity index (χ1) is 38.0. The SMILES string of the molecule is CC/C=C\C/C=C\C/C=C\C/C=C\C/C=C\C/C=C\CCCCC(=O)OCC(COC(=O)CCCCCCCCC/C=C\C/C=C\C/C=C\CC)OC(=O)CCCCCCCCCCC/C=C\CCCCCCCCCC. The number of carbonyl (C=O) groups is 3. The molecule has 6 nitrogen and oxygen atoms in total. The second-order valence-corrected chi connectivity index (χ2v) is 20.9. The minimum absolute atomic E-state index is 0.100. The van der Waals surface area contributed by atoms with Crippen molar-refractivity contribution in [3.63, 3.8) is 0 Å². The Bertz CT molecular complexity index is 1600. The molecule has 0 aliphatic carbocycles. The molecule has 0 amide bonds. The highest BCUT2D eigenvalue weighted by molar-refractivity contribution is 5.71. The predicted octanol–water partition coefficient (Wildman–Crippen LogP) is 22.0. The molecule has 0 spiro atoms. The number of unbranched alkanes of at least 4 members (excludes halogenated alkanes) is 26. The third kappa shape index (κ3) is 62.5. The standard InChI is InChI=1S/C71H118O6/c1-4-7-10-13-16-19-22-25-28-31-33-35-37-40-43-46-49-52-55-58-61-64-70(73)76-67-68(66-75-69(72)63-60-57-54-51-48-45-42-39-30-27-24-21-18-15-12-9-6-3)77-71(74)65-62-59-56-53-50-47-44-41-38-36-34-32-29-26-23-20-17-14-11-8-5-2/h7,9-10,12,16,18-19,21,25,27-28,30,32-35,40,43,49,52,68H,4-6,8,11,13-15,17,20,22-24,26,29,31,36-39,41-42,44-48,50-51,53-67H2,1-3H3/b10-7-,12-9-,19-16-,21-18-,28-25-,30-27-,34-32-,35-33-,43-40-,52-49-. The van der Waals surface area contributed by atoms with Crippen LogP contribution in [0.1, 0.15) is 290 Å². The lowest BCUT2D eigenvalue weighted by Crippen LogP contribution is -2.30. The van der Waals surface area contributed by atoms with Gasteiger partial charge in [-0.3, -0.25) is 14.4 Å². The summed E-state index contributed by atoms with van der Waals surface area (Å²) in [5.74, 6) is -0.951. The van der Waals surface area contributed by atoms with Gasteiger partial charge in [0.05, 0.1) is 0 Å². The van der Waals surface area contributed by atoms with Crippen molar-refractivity contribution < 1.29 is 28.6 Å². The van der Waals surface area contributed by atoms with E-state index in [9.17, 15) is 14.4 Å². The number of ether oxygens (including phenoxy) is 3. The number of esters is 3. The van der Waals surface area contributed by atoms with Gasteiger partial charge >= 0.3 is 17.9 Å². The molecule has 0 aliphatic heterocycles. The van der Waals surface area contributed by atoms with Gasteiger partial charge in [-0.25, -0.2) is 0 Å². The maximum Gasteiger partial charge on any atom is 0.306 e. The summed E-state index contributed by atoms with van der Waals surface area (Å²) < 4.78 is 16.9. The second-order valence-electron chi connectivity index (χ2n) is 20.9. The van der Waals surface area contributed by atoms with E-state index >= 15 is 0 Å². The molecule has 1 unspecified atom stereocenters. The Morgan fingerprint density at radius 1 is 0.273 bits per heavy atom. The van der Waals surface area contributed by atoms with Crippen LogP contribution in [0.2, 0.25) is 0 Å². The number of rotatable bonds is 57. The number of hydrogen-bond donors (Lipinski definition) is 0. The molecule has 1 atom stereocenters. The zero-order chi connectivity index (χ0) is 55.7. The quantitative estimate of drug-likeness (QED) is 0.0261. The lowest BCUT2D eigenvalue weighted by molar-refractivity contribution is -0.167. The average Bonchev–Trinajstić information content (AvgIpc) is 3.43. The third-order valence-electron chi connectivity index (χ3n) is 13.4. The molecule has 0 heterocycles. The monoisotopic (exact) mass is 1070 g/mol. The van der Waals surface area contributed by atoms with E-state index in [1.54, 1.807) is 0 Å². The Hall–Kier alpha value is -4.19. The summed E-state index contributed by atoms with van der Waals surface area (Å²) in [6, 6.07) is 0. The lowest BCUT2D eigenvalue weighted by Gasteiger charge is -2.18. The van der Waals surface area contributed by atoms with Crippen molar-refractivity contribution in [2.75, 3.05) is 13.2 Å². The Morgan fingerprint density at radius 3 is 0.831 bits per heavy atom. The van der Waals surface area contributed by atoms with Crippen LogP contribution in [0.4, 0.5) is 0 Å². The van der Waals surface area contributed by atoms with Gasteiger partial charge in [0.2, 0.25) is 0 Å². The average molecular weight is 1070 g/mol. The van der Waals surface area contributed by atoms with E-state index in [4.69, 9.17) is 14.2 Å². The van der Waals surface area contributed by atoms with Gasteiger partial charge in [-0.05, 0) is 128 Å². The molecule has 438 valence electrons. The molecule has 0 rings (SSSR count). The van der Waals surface area contributed by atoms with E-state index < -0.39 is 6.10 Å². The zero-order valence-corrected chi connectivity index (χ0v) is 50.2. The molecule has 0 aromatic carbocycles. The van der Waals surface area contributed by atoms with Gasteiger partial charge in [0, 0.05) is 19.3 Å². The van der Waals surface area contributed by atoms with Crippen molar-refractivity contribution >= 4 is 17.9 Å². The highest BCUT2D eigenvalue weighted by atomic mass is 16.6. The van der Waals surface area contributed by atoms with E-state index in [1.165, 1.54) is 128 Å². The summed E-state index contributed by atoms with van der Waals surface area (Å²) in [6.45, 7) is 6.39. The van der Waals surface area contributed by atoms with Crippen LogP contribution in [0.15, 0.2) is 122 Å². The van der Waals surface area contributed by atoms with E-state index in [2.05, 4.69) is 142 Å². The molecule has 6 heteroatoms. The van der Waals surface area contributed by atoms with Gasteiger partial charge in [-0.2, -0.15) is 0 Å². The van der Waals surface area contributed by atoms with Crippen LogP contribution in [0.5, 0.6) is 0 Å². The topological polar surface area (TPSA) is 78.9 Å². The first kappa shape index (κ1) is 72.8. The maximum absolute atomic E-state index is 12.9. The largest absolute Gasteiger partial charge is 0.462 e. The fourth-order valence-electron chi connectivity index (χ4n) is 8.69. The van der Waals surface area contributed by atoms with Crippen LogP contribution in [-0.2, 0) is 28.6 Å². The van der Waals surface area contributed by atoms with E-state index in [0.717, 1.165) is 116 Å². The summed E-state index contributed by atoms with van der Waals surface area (Å²) >= 11 is 0. The van der Waals surface area contributed by atoms with Crippen molar-refractivity contribution in [1.29, 1.82) is 0 Å². The van der Waals surface area contributed by atoms with Gasteiger partial charge in [-0.15, -0.1) is 0 Å².